The summed E-state index contributed by atoms with van der Waals surface area (Å²) < 4.78 is 20.3. The SMILES string of the molecule is Cc1nn(Cc2ccc(C(=O)N/N=C\c3cccc(F)c3)o2)c(C)c1Cl. The van der Waals surface area contributed by atoms with E-state index in [9.17, 15) is 9.18 Å². The molecule has 134 valence electrons. The molecule has 0 saturated carbocycles. The van der Waals surface area contributed by atoms with Gasteiger partial charge < -0.3 is 4.42 Å². The topological polar surface area (TPSA) is 72.4 Å². The van der Waals surface area contributed by atoms with Crippen molar-refractivity contribution >= 4 is 23.7 Å². The molecule has 8 heteroatoms. The average Bonchev–Trinajstić information content (AvgIpc) is 3.16. The summed E-state index contributed by atoms with van der Waals surface area (Å²) in [6.45, 7) is 4.04. The molecule has 3 rings (SSSR count). The van der Waals surface area contributed by atoms with Crippen molar-refractivity contribution in [1.82, 2.24) is 15.2 Å². The van der Waals surface area contributed by atoms with Crippen molar-refractivity contribution in [3.05, 3.63) is 75.7 Å². The van der Waals surface area contributed by atoms with Gasteiger partial charge in [-0.2, -0.15) is 10.2 Å². The normalized spacial score (nSPS) is 11.2. The largest absolute Gasteiger partial charge is 0.454 e. The van der Waals surface area contributed by atoms with Gasteiger partial charge >= 0.3 is 5.91 Å². The average molecular weight is 375 g/mol. The quantitative estimate of drug-likeness (QED) is 0.546. The Kier molecular flexibility index (Phi) is 5.18. The fourth-order valence-electron chi connectivity index (χ4n) is 2.37. The van der Waals surface area contributed by atoms with Gasteiger partial charge in [0.05, 0.1) is 29.2 Å². The molecule has 3 aromatic rings. The minimum atomic E-state index is -0.504. The van der Waals surface area contributed by atoms with Crippen LogP contribution in [0.15, 0.2) is 45.9 Å². The van der Waals surface area contributed by atoms with Crippen LogP contribution in [0.3, 0.4) is 0 Å². The zero-order valence-corrected chi connectivity index (χ0v) is 14.9. The lowest BCUT2D eigenvalue weighted by Crippen LogP contribution is -2.16. The highest BCUT2D eigenvalue weighted by atomic mass is 35.5. The number of nitrogens with zero attached hydrogens (tertiary/aromatic N) is 3. The molecule has 0 saturated heterocycles. The maximum atomic E-state index is 13.1. The number of rotatable bonds is 5. The van der Waals surface area contributed by atoms with Crippen LogP contribution in [0.2, 0.25) is 5.02 Å². The van der Waals surface area contributed by atoms with Gasteiger partial charge in [0.2, 0.25) is 0 Å². The van der Waals surface area contributed by atoms with Crippen LogP contribution in [0.5, 0.6) is 0 Å². The summed E-state index contributed by atoms with van der Waals surface area (Å²) in [5, 5.41) is 8.73. The second-order valence-corrected chi connectivity index (χ2v) is 6.04. The van der Waals surface area contributed by atoms with Crippen LogP contribution >= 0.6 is 11.6 Å². The Morgan fingerprint density at radius 2 is 2.19 bits per heavy atom. The summed E-state index contributed by atoms with van der Waals surface area (Å²) in [6.07, 6.45) is 1.35. The Labute approximate surface area is 154 Å². The van der Waals surface area contributed by atoms with Crippen molar-refractivity contribution in [2.24, 2.45) is 5.10 Å². The molecule has 0 spiro atoms. The summed E-state index contributed by atoms with van der Waals surface area (Å²) in [5.74, 6) is -0.203. The Hall–Kier alpha value is -2.93. The Bertz CT molecular complexity index is 977. The van der Waals surface area contributed by atoms with Gasteiger partial charge in [-0.15, -0.1) is 0 Å². The van der Waals surface area contributed by atoms with Crippen molar-refractivity contribution in [1.29, 1.82) is 0 Å². The summed E-state index contributed by atoms with van der Waals surface area (Å²) in [7, 11) is 0. The molecule has 1 N–H and O–H groups in total. The molecule has 0 radical (unpaired) electrons. The number of benzene rings is 1. The van der Waals surface area contributed by atoms with Gasteiger partial charge in [-0.3, -0.25) is 9.48 Å². The van der Waals surface area contributed by atoms with Crippen molar-refractivity contribution in [3.8, 4) is 0 Å². The lowest BCUT2D eigenvalue weighted by molar-refractivity contribution is 0.0925. The zero-order valence-electron chi connectivity index (χ0n) is 14.2. The van der Waals surface area contributed by atoms with Gasteiger partial charge in [-0.1, -0.05) is 23.7 Å². The highest BCUT2D eigenvalue weighted by Crippen LogP contribution is 2.20. The zero-order chi connectivity index (χ0) is 18.7. The first-order chi connectivity index (χ1) is 12.4. The lowest BCUT2D eigenvalue weighted by atomic mass is 10.2. The number of hydrogen-bond donors (Lipinski definition) is 1. The molecule has 2 heterocycles. The van der Waals surface area contributed by atoms with E-state index in [1.165, 1.54) is 18.3 Å². The summed E-state index contributed by atoms with van der Waals surface area (Å²) >= 11 is 6.12. The van der Waals surface area contributed by atoms with Crippen molar-refractivity contribution in [2.75, 3.05) is 0 Å². The number of nitrogens with one attached hydrogen (secondary N) is 1. The molecule has 1 amide bonds. The van der Waals surface area contributed by atoms with E-state index >= 15 is 0 Å². The van der Waals surface area contributed by atoms with Crippen LogP contribution in [-0.4, -0.2) is 21.9 Å². The molecule has 0 bridgehead atoms. The van der Waals surface area contributed by atoms with E-state index in [1.807, 2.05) is 13.8 Å². The maximum absolute atomic E-state index is 13.1. The maximum Gasteiger partial charge on any atom is 0.307 e. The molecule has 0 aliphatic rings. The molecule has 1 aromatic carbocycles. The van der Waals surface area contributed by atoms with Crippen molar-refractivity contribution in [2.45, 2.75) is 20.4 Å². The fraction of sp³-hybridized carbons (Fsp3) is 0.167. The molecular weight excluding hydrogens is 359 g/mol. The highest BCUT2D eigenvalue weighted by Gasteiger charge is 2.14. The number of halogens is 2. The van der Waals surface area contributed by atoms with Crippen LogP contribution in [-0.2, 0) is 6.54 Å². The number of hydrogen-bond acceptors (Lipinski definition) is 4. The number of hydrazone groups is 1. The van der Waals surface area contributed by atoms with E-state index in [0.29, 0.717) is 22.9 Å². The summed E-state index contributed by atoms with van der Waals surface area (Å²) in [6, 6.07) is 9.10. The lowest BCUT2D eigenvalue weighted by Gasteiger charge is -2.01. The van der Waals surface area contributed by atoms with Gasteiger partial charge in [0.25, 0.3) is 0 Å². The number of aromatic nitrogens is 2. The van der Waals surface area contributed by atoms with Crippen LogP contribution in [0, 0.1) is 19.7 Å². The number of aryl methyl sites for hydroxylation is 1. The monoisotopic (exact) mass is 374 g/mol. The van der Waals surface area contributed by atoms with E-state index in [4.69, 9.17) is 16.0 Å². The van der Waals surface area contributed by atoms with E-state index in [2.05, 4.69) is 15.6 Å². The van der Waals surface area contributed by atoms with Crippen LogP contribution < -0.4 is 5.43 Å². The van der Waals surface area contributed by atoms with Crippen LogP contribution in [0.1, 0.15) is 33.3 Å². The number of carbonyl (C=O) groups excluding carboxylic acids is 1. The van der Waals surface area contributed by atoms with Crippen LogP contribution in [0.25, 0.3) is 0 Å². The third-order valence-electron chi connectivity index (χ3n) is 3.71. The summed E-state index contributed by atoms with van der Waals surface area (Å²) in [5.41, 5.74) is 4.44. The number of furan rings is 1. The predicted octanol–water partition coefficient (Wildman–Crippen LogP) is 3.70. The standard InChI is InChI=1S/C18H16ClFN4O2/c1-11-17(19)12(2)24(23-11)10-15-6-7-16(26-15)18(25)22-21-9-13-4-3-5-14(20)8-13/h3-9H,10H2,1-2H3,(H,22,25)/b21-9-. The van der Waals surface area contributed by atoms with Gasteiger partial charge in [0.1, 0.15) is 11.6 Å². The third kappa shape index (κ3) is 4.00. The second kappa shape index (κ2) is 7.53. The van der Waals surface area contributed by atoms with Gasteiger partial charge in [0.15, 0.2) is 5.76 Å². The fourth-order valence-corrected chi connectivity index (χ4v) is 2.50. The van der Waals surface area contributed by atoms with Gasteiger partial charge in [-0.25, -0.2) is 9.82 Å². The van der Waals surface area contributed by atoms with Crippen molar-refractivity contribution in [3.63, 3.8) is 0 Å². The molecule has 6 nitrogen and oxygen atoms in total. The third-order valence-corrected chi connectivity index (χ3v) is 4.26. The number of carbonyl (C=O) groups is 1. The molecule has 26 heavy (non-hydrogen) atoms. The van der Waals surface area contributed by atoms with Gasteiger partial charge in [-0.05, 0) is 43.7 Å². The minimum absolute atomic E-state index is 0.115. The second-order valence-electron chi connectivity index (χ2n) is 5.66. The molecule has 0 aliphatic carbocycles. The van der Waals surface area contributed by atoms with Crippen molar-refractivity contribution < 1.29 is 13.6 Å². The van der Waals surface area contributed by atoms with E-state index in [0.717, 1.165) is 11.4 Å². The first kappa shape index (κ1) is 17.9. The van der Waals surface area contributed by atoms with E-state index in [-0.39, 0.29) is 11.6 Å². The smallest absolute Gasteiger partial charge is 0.307 e. The number of amides is 1. The Morgan fingerprint density at radius 1 is 1.38 bits per heavy atom. The van der Waals surface area contributed by atoms with Crippen LogP contribution in [0.4, 0.5) is 4.39 Å². The Morgan fingerprint density at radius 3 is 2.88 bits per heavy atom. The summed E-state index contributed by atoms with van der Waals surface area (Å²) in [4.78, 5) is 12.1. The van der Waals surface area contributed by atoms with E-state index < -0.39 is 5.91 Å². The molecule has 0 atom stereocenters. The molecule has 0 fully saturated rings. The molecular formula is C18H16ClFN4O2. The highest BCUT2D eigenvalue weighted by molar-refractivity contribution is 6.31. The molecule has 0 unspecified atom stereocenters. The van der Waals surface area contributed by atoms with E-state index in [1.54, 1.807) is 28.9 Å². The predicted molar refractivity (Wildman–Crippen MR) is 96.0 cm³/mol. The Balaban J connectivity index is 1.63. The minimum Gasteiger partial charge on any atom is -0.454 e. The first-order valence-corrected chi connectivity index (χ1v) is 8.19. The van der Waals surface area contributed by atoms with Gasteiger partial charge in [0, 0.05) is 0 Å². The molecule has 0 aliphatic heterocycles. The molecule has 2 aromatic heterocycles. The first-order valence-electron chi connectivity index (χ1n) is 7.81.